The van der Waals surface area contributed by atoms with E-state index in [1.54, 1.807) is 0 Å². The van der Waals surface area contributed by atoms with Crippen molar-refractivity contribution in [1.82, 2.24) is 4.98 Å². The van der Waals surface area contributed by atoms with Crippen molar-refractivity contribution < 1.29 is 9.18 Å². The lowest BCUT2D eigenvalue weighted by Gasteiger charge is -2.10. The number of aryl methyl sites for hydroxylation is 2. The number of benzene rings is 1. The third kappa shape index (κ3) is 2.98. The van der Waals surface area contributed by atoms with E-state index in [0.717, 1.165) is 21.8 Å². The standard InChI is InChI=1S/C14H12BrFN2O/c1-8-5-10(6-9(2)13(8)15)18-14(19)11-3-4-17-7-12(11)16/h3-7H,1-2H3,(H,18,19). The molecule has 2 aromatic rings. The summed E-state index contributed by atoms with van der Waals surface area (Å²) in [5.41, 5.74) is 2.63. The van der Waals surface area contributed by atoms with Gasteiger partial charge in [-0.2, -0.15) is 0 Å². The summed E-state index contributed by atoms with van der Waals surface area (Å²) in [5.74, 6) is -1.12. The maximum Gasteiger partial charge on any atom is 0.258 e. The summed E-state index contributed by atoms with van der Waals surface area (Å²) in [5, 5.41) is 2.68. The van der Waals surface area contributed by atoms with Gasteiger partial charge in [-0.1, -0.05) is 15.9 Å². The van der Waals surface area contributed by atoms with Crippen LogP contribution in [-0.2, 0) is 0 Å². The monoisotopic (exact) mass is 322 g/mol. The highest BCUT2D eigenvalue weighted by atomic mass is 79.9. The Hall–Kier alpha value is -1.75. The minimum Gasteiger partial charge on any atom is -0.322 e. The summed E-state index contributed by atoms with van der Waals surface area (Å²) in [6.45, 7) is 3.86. The van der Waals surface area contributed by atoms with E-state index >= 15 is 0 Å². The molecule has 0 fully saturated rings. The zero-order valence-corrected chi connectivity index (χ0v) is 12.1. The third-order valence-corrected chi connectivity index (χ3v) is 3.96. The number of carbonyl (C=O) groups excluding carboxylic acids is 1. The van der Waals surface area contributed by atoms with Crippen LogP contribution in [0.15, 0.2) is 35.1 Å². The fourth-order valence-corrected chi connectivity index (χ4v) is 2.00. The van der Waals surface area contributed by atoms with E-state index in [2.05, 4.69) is 26.2 Å². The molecule has 5 heteroatoms. The van der Waals surface area contributed by atoms with Gasteiger partial charge in [0.15, 0.2) is 5.82 Å². The summed E-state index contributed by atoms with van der Waals surface area (Å²) in [4.78, 5) is 15.6. The summed E-state index contributed by atoms with van der Waals surface area (Å²) in [7, 11) is 0. The van der Waals surface area contributed by atoms with Crippen LogP contribution in [0, 0.1) is 19.7 Å². The number of carbonyl (C=O) groups is 1. The quantitative estimate of drug-likeness (QED) is 0.912. The molecule has 98 valence electrons. The van der Waals surface area contributed by atoms with Crippen LogP contribution in [0.3, 0.4) is 0 Å². The summed E-state index contributed by atoms with van der Waals surface area (Å²) >= 11 is 3.46. The van der Waals surface area contributed by atoms with Crippen LogP contribution in [0.1, 0.15) is 21.5 Å². The lowest BCUT2D eigenvalue weighted by Crippen LogP contribution is -2.14. The summed E-state index contributed by atoms with van der Waals surface area (Å²) < 4.78 is 14.4. The number of nitrogens with one attached hydrogen (secondary N) is 1. The van der Waals surface area contributed by atoms with Crippen LogP contribution in [0.25, 0.3) is 0 Å². The van der Waals surface area contributed by atoms with E-state index in [1.807, 2.05) is 26.0 Å². The van der Waals surface area contributed by atoms with Gasteiger partial charge in [0.2, 0.25) is 0 Å². The number of hydrogen-bond acceptors (Lipinski definition) is 2. The van der Waals surface area contributed by atoms with Gasteiger partial charge >= 0.3 is 0 Å². The molecule has 3 nitrogen and oxygen atoms in total. The van der Waals surface area contributed by atoms with Crippen molar-refractivity contribution >= 4 is 27.5 Å². The molecule has 0 saturated heterocycles. The van der Waals surface area contributed by atoms with Crippen molar-refractivity contribution in [1.29, 1.82) is 0 Å². The Morgan fingerprint density at radius 2 is 1.95 bits per heavy atom. The van der Waals surface area contributed by atoms with Crippen LogP contribution < -0.4 is 5.32 Å². The predicted octanol–water partition coefficient (Wildman–Crippen LogP) is 3.85. The molecule has 1 aromatic carbocycles. The topological polar surface area (TPSA) is 42.0 Å². The van der Waals surface area contributed by atoms with E-state index in [1.165, 1.54) is 12.3 Å². The molecule has 1 amide bonds. The van der Waals surface area contributed by atoms with Crippen LogP contribution in [0.5, 0.6) is 0 Å². The van der Waals surface area contributed by atoms with Crippen LogP contribution in [-0.4, -0.2) is 10.9 Å². The second-order valence-corrected chi connectivity index (χ2v) is 5.03. The van der Waals surface area contributed by atoms with Gasteiger partial charge in [0.05, 0.1) is 11.8 Å². The number of rotatable bonds is 2. The lowest BCUT2D eigenvalue weighted by molar-refractivity contribution is 0.102. The van der Waals surface area contributed by atoms with E-state index in [-0.39, 0.29) is 5.56 Å². The molecule has 1 N–H and O–H groups in total. The predicted molar refractivity (Wildman–Crippen MR) is 75.8 cm³/mol. The smallest absolute Gasteiger partial charge is 0.258 e. The Bertz CT molecular complexity index is 620. The van der Waals surface area contributed by atoms with Gasteiger partial charge in [0, 0.05) is 16.4 Å². The Labute approximate surface area is 119 Å². The molecular formula is C14H12BrFN2O. The van der Waals surface area contributed by atoms with Crippen LogP contribution in [0.2, 0.25) is 0 Å². The molecule has 0 unspecified atom stereocenters. The molecule has 0 aliphatic carbocycles. The number of nitrogens with zero attached hydrogens (tertiary/aromatic N) is 1. The lowest BCUT2D eigenvalue weighted by atomic mass is 10.1. The number of aromatic nitrogens is 1. The Balaban J connectivity index is 2.27. The largest absolute Gasteiger partial charge is 0.322 e. The first-order valence-electron chi connectivity index (χ1n) is 5.66. The van der Waals surface area contributed by atoms with Crippen molar-refractivity contribution in [2.45, 2.75) is 13.8 Å². The van der Waals surface area contributed by atoms with Gasteiger partial charge in [-0.3, -0.25) is 9.78 Å². The van der Waals surface area contributed by atoms with Crippen molar-refractivity contribution in [3.05, 3.63) is 57.6 Å². The number of anilines is 1. The average Bonchev–Trinajstić information content (AvgIpc) is 2.36. The highest BCUT2D eigenvalue weighted by Gasteiger charge is 2.12. The molecular weight excluding hydrogens is 311 g/mol. The third-order valence-electron chi connectivity index (χ3n) is 2.71. The highest BCUT2D eigenvalue weighted by molar-refractivity contribution is 9.10. The Morgan fingerprint density at radius 1 is 1.32 bits per heavy atom. The molecule has 0 aliphatic rings. The number of hydrogen-bond donors (Lipinski definition) is 1. The minimum atomic E-state index is -0.634. The maximum atomic E-state index is 13.4. The molecule has 0 aliphatic heterocycles. The zero-order chi connectivity index (χ0) is 14.0. The van der Waals surface area contributed by atoms with E-state index < -0.39 is 11.7 Å². The minimum absolute atomic E-state index is 0.0202. The van der Waals surface area contributed by atoms with Crippen molar-refractivity contribution in [3.8, 4) is 0 Å². The Morgan fingerprint density at radius 3 is 2.53 bits per heavy atom. The number of pyridine rings is 1. The van der Waals surface area contributed by atoms with Crippen LogP contribution in [0.4, 0.5) is 10.1 Å². The van der Waals surface area contributed by atoms with E-state index in [9.17, 15) is 9.18 Å². The molecule has 0 atom stereocenters. The normalized spacial score (nSPS) is 10.3. The molecule has 0 bridgehead atoms. The number of amides is 1. The summed E-state index contributed by atoms with van der Waals surface area (Å²) in [6, 6.07) is 5.01. The van der Waals surface area contributed by atoms with Gasteiger partial charge in [0.25, 0.3) is 5.91 Å². The second-order valence-electron chi connectivity index (χ2n) is 4.23. The highest BCUT2D eigenvalue weighted by Crippen LogP contribution is 2.25. The van der Waals surface area contributed by atoms with Crippen molar-refractivity contribution in [3.63, 3.8) is 0 Å². The number of halogens is 2. The molecule has 0 radical (unpaired) electrons. The van der Waals surface area contributed by atoms with Gasteiger partial charge < -0.3 is 5.32 Å². The van der Waals surface area contributed by atoms with Gasteiger partial charge in [-0.05, 0) is 43.2 Å². The molecule has 1 heterocycles. The van der Waals surface area contributed by atoms with Crippen molar-refractivity contribution in [2.75, 3.05) is 5.32 Å². The van der Waals surface area contributed by atoms with Crippen LogP contribution >= 0.6 is 15.9 Å². The SMILES string of the molecule is Cc1cc(NC(=O)c2ccncc2F)cc(C)c1Br. The molecule has 2 rings (SSSR count). The summed E-state index contributed by atoms with van der Waals surface area (Å²) in [6.07, 6.45) is 2.41. The zero-order valence-electron chi connectivity index (χ0n) is 10.5. The maximum absolute atomic E-state index is 13.4. The van der Waals surface area contributed by atoms with Gasteiger partial charge in [0.1, 0.15) is 0 Å². The fourth-order valence-electron chi connectivity index (χ4n) is 1.78. The van der Waals surface area contributed by atoms with Gasteiger partial charge in [-0.15, -0.1) is 0 Å². The van der Waals surface area contributed by atoms with E-state index in [4.69, 9.17) is 0 Å². The van der Waals surface area contributed by atoms with Gasteiger partial charge in [-0.25, -0.2) is 4.39 Å². The fraction of sp³-hybridized carbons (Fsp3) is 0.143. The first-order chi connectivity index (χ1) is 8.99. The van der Waals surface area contributed by atoms with Crippen molar-refractivity contribution in [2.24, 2.45) is 0 Å². The first kappa shape index (κ1) is 13.7. The van der Waals surface area contributed by atoms with E-state index in [0.29, 0.717) is 5.69 Å². The Kier molecular flexibility index (Phi) is 3.95. The molecule has 1 aromatic heterocycles. The molecule has 0 spiro atoms. The molecule has 19 heavy (non-hydrogen) atoms. The second kappa shape index (κ2) is 5.48. The molecule has 0 saturated carbocycles. The average molecular weight is 323 g/mol. The first-order valence-corrected chi connectivity index (χ1v) is 6.46.